The Kier molecular flexibility index (Phi) is 3.54. The molecule has 0 radical (unpaired) electrons. The molecule has 0 bridgehead atoms. The van der Waals surface area contributed by atoms with Crippen molar-refractivity contribution in [1.82, 2.24) is 4.98 Å². The predicted molar refractivity (Wildman–Crippen MR) is 92.4 cm³/mol. The van der Waals surface area contributed by atoms with Gasteiger partial charge in [-0.25, -0.2) is 0 Å². The summed E-state index contributed by atoms with van der Waals surface area (Å²) in [6, 6.07) is 20.7. The van der Waals surface area contributed by atoms with Crippen LogP contribution in [0.25, 0.3) is 10.9 Å². The first-order valence-corrected chi connectivity index (χ1v) is 8.02. The lowest BCUT2D eigenvalue weighted by Gasteiger charge is -2.41. The molecule has 1 aromatic heterocycles. The van der Waals surface area contributed by atoms with Crippen molar-refractivity contribution in [3.63, 3.8) is 0 Å². The Bertz CT molecular complexity index is 839. The minimum absolute atomic E-state index is 0.196. The summed E-state index contributed by atoms with van der Waals surface area (Å²) < 4.78 is 0. The Labute approximate surface area is 135 Å². The summed E-state index contributed by atoms with van der Waals surface area (Å²) in [6.07, 6.45) is 4.40. The van der Waals surface area contributed by atoms with E-state index in [1.54, 1.807) is 6.20 Å². The van der Waals surface area contributed by atoms with Gasteiger partial charge in [-0.2, -0.15) is 0 Å². The van der Waals surface area contributed by atoms with E-state index in [4.69, 9.17) is 0 Å². The maximum absolute atomic E-state index is 12.2. The number of carbonyl (C=O) groups excluding carboxylic acids is 1. The normalized spacial score (nSPS) is 17.3. The third-order valence-corrected chi connectivity index (χ3v) is 4.52. The Balaban J connectivity index is 1.58. The molecule has 114 valence electrons. The first-order valence-electron chi connectivity index (χ1n) is 8.02. The third-order valence-electron chi connectivity index (χ3n) is 4.52. The maximum Gasteiger partial charge on any atom is 0.229 e. The van der Waals surface area contributed by atoms with Crippen LogP contribution in [0.3, 0.4) is 0 Å². The Morgan fingerprint density at radius 3 is 2.65 bits per heavy atom. The zero-order chi connectivity index (χ0) is 15.6. The first-order chi connectivity index (χ1) is 11.3. The number of para-hydroxylation sites is 1. The van der Waals surface area contributed by atoms with Gasteiger partial charge in [0.2, 0.25) is 5.91 Å². The van der Waals surface area contributed by atoms with Crippen molar-refractivity contribution in [2.75, 3.05) is 4.90 Å². The molecule has 3 aromatic rings. The minimum Gasteiger partial charge on any atom is -0.307 e. The molecule has 0 spiro atoms. The van der Waals surface area contributed by atoms with E-state index >= 15 is 0 Å². The van der Waals surface area contributed by atoms with Crippen LogP contribution >= 0.6 is 0 Å². The van der Waals surface area contributed by atoms with Gasteiger partial charge in [0.05, 0.1) is 11.2 Å². The lowest BCUT2D eigenvalue weighted by Crippen LogP contribution is -2.53. The summed E-state index contributed by atoms with van der Waals surface area (Å²) in [4.78, 5) is 18.6. The van der Waals surface area contributed by atoms with E-state index in [1.807, 2.05) is 41.3 Å². The van der Waals surface area contributed by atoms with Crippen LogP contribution in [0.5, 0.6) is 0 Å². The number of anilines is 1. The molecule has 3 nitrogen and oxygen atoms in total. The molecule has 4 rings (SSSR count). The number of β-lactam (4-membered cyclic amide) rings is 1. The molecule has 1 unspecified atom stereocenters. The summed E-state index contributed by atoms with van der Waals surface area (Å²) in [5, 5.41) is 1.08. The second kappa shape index (κ2) is 5.84. The number of fused-ring (bicyclic) bond motifs is 1. The molecule has 2 aromatic carbocycles. The Hall–Kier alpha value is -2.68. The van der Waals surface area contributed by atoms with Crippen molar-refractivity contribution in [3.05, 3.63) is 72.4 Å². The number of nitrogens with zero attached hydrogens (tertiary/aromatic N) is 2. The Morgan fingerprint density at radius 1 is 1.00 bits per heavy atom. The van der Waals surface area contributed by atoms with Gasteiger partial charge in [0.1, 0.15) is 0 Å². The van der Waals surface area contributed by atoms with Crippen LogP contribution in [-0.4, -0.2) is 16.9 Å². The number of benzene rings is 2. The second-order valence-corrected chi connectivity index (χ2v) is 6.00. The van der Waals surface area contributed by atoms with Gasteiger partial charge in [0.15, 0.2) is 0 Å². The number of hydrogen-bond acceptors (Lipinski definition) is 2. The van der Waals surface area contributed by atoms with Crippen LogP contribution in [0.4, 0.5) is 5.69 Å². The molecule has 1 aliphatic rings. The standard InChI is InChI=1S/C20H18N2O/c23-19-14-17(12-11-15-6-2-1-3-7-15)22(19)18-10-4-8-16-9-5-13-21-20(16)18/h1-10,13,17H,11-12,14H2. The largest absolute Gasteiger partial charge is 0.307 e. The van der Waals surface area contributed by atoms with Crippen LogP contribution in [0.2, 0.25) is 0 Å². The number of amides is 1. The number of rotatable bonds is 4. The van der Waals surface area contributed by atoms with Gasteiger partial charge >= 0.3 is 0 Å². The first kappa shape index (κ1) is 13.9. The lowest BCUT2D eigenvalue weighted by atomic mass is 9.93. The molecule has 1 saturated heterocycles. The number of pyridine rings is 1. The molecule has 23 heavy (non-hydrogen) atoms. The molecule has 0 N–H and O–H groups in total. The van der Waals surface area contributed by atoms with Crippen LogP contribution in [0, 0.1) is 0 Å². The predicted octanol–water partition coefficient (Wildman–Crippen LogP) is 3.97. The second-order valence-electron chi connectivity index (χ2n) is 6.00. The average Bonchev–Trinajstić information content (AvgIpc) is 2.59. The van der Waals surface area contributed by atoms with Gasteiger partial charge in [-0.15, -0.1) is 0 Å². The summed E-state index contributed by atoms with van der Waals surface area (Å²) in [6.45, 7) is 0. The molecule has 1 atom stereocenters. The average molecular weight is 302 g/mol. The number of hydrogen-bond donors (Lipinski definition) is 0. The van der Waals surface area contributed by atoms with Crippen LogP contribution < -0.4 is 4.90 Å². The number of carbonyl (C=O) groups is 1. The van der Waals surface area contributed by atoms with E-state index in [9.17, 15) is 4.79 Å². The van der Waals surface area contributed by atoms with Crippen molar-refractivity contribution in [2.24, 2.45) is 0 Å². The van der Waals surface area contributed by atoms with Crippen LogP contribution in [-0.2, 0) is 11.2 Å². The lowest BCUT2D eigenvalue weighted by molar-refractivity contribution is -0.124. The van der Waals surface area contributed by atoms with E-state index in [2.05, 4.69) is 29.2 Å². The molecule has 1 aliphatic heterocycles. The molecule has 1 amide bonds. The van der Waals surface area contributed by atoms with Gasteiger partial charge < -0.3 is 4.90 Å². The van der Waals surface area contributed by atoms with E-state index in [0.29, 0.717) is 6.42 Å². The van der Waals surface area contributed by atoms with Crippen molar-refractivity contribution in [2.45, 2.75) is 25.3 Å². The molecule has 2 heterocycles. The summed E-state index contributed by atoms with van der Waals surface area (Å²) >= 11 is 0. The van der Waals surface area contributed by atoms with Crippen molar-refractivity contribution in [3.8, 4) is 0 Å². The molecule has 1 fully saturated rings. The van der Waals surface area contributed by atoms with Gasteiger partial charge in [0.25, 0.3) is 0 Å². The van der Waals surface area contributed by atoms with E-state index in [0.717, 1.165) is 29.4 Å². The highest BCUT2D eigenvalue weighted by Gasteiger charge is 2.37. The molecule has 3 heteroatoms. The SMILES string of the molecule is O=C1CC(CCc2ccccc2)N1c1cccc2cccnc12. The van der Waals surface area contributed by atoms with Crippen LogP contribution in [0.1, 0.15) is 18.4 Å². The number of aryl methyl sites for hydroxylation is 1. The highest BCUT2D eigenvalue weighted by Crippen LogP contribution is 2.34. The summed E-state index contributed by atoms with van der Waals surface area (Å²) in [7, 11) is 0. The van der Waals surface area contributed by atoms with E-state index in [-0.39, 0.29) is 11.9 Å². The molecular formula is C20H18N2O. The smallest absolute Gasteiger partial charge is 0.229 e. The fraction of sp³-hybridized carbons (Fsp3) is 0.200. The topological polar surface area (TPSA) is 33.2 Å². The van der Waals surface area contributed by atoms with Gasteiger partial charge in [-0.3, -0.25) is 9.78 Å². The summed E-state index contributed by atoms with van der Waals surface area (Å²) in [5.41, 5.74) is 3.17. The highest BCUT2D eigenvalue weighted by molar-refractivity contribution is 6.06. The molecule has 0 saturated carbocycles. The van der Waals surface area contributed by atoms with Gasteiger partial charge in [0, 0.05) is 24.0 Å². The minimum atomic E-state index is 0.196. The monoisotopic (exact) mass is 302 g/mol. The highest BCUT2D eigenvalue weighted by atomic mass is 16.2. The quantitative estimate of drug-likeness (QED) is 0.683. The maximum atomic E-state index is 12.2. The Morgan fingerprint density at radius 2 is 1.83 bits per heavy atom. The fourth-order valence-electron chi connectivity index (χ4n) is 3.31. The molecule has 0 aliphatic carbocycles. The van der Waals surface area contributed by atoms with E-state index < -0.39 is 0 Å². The third kappa shape index (κ3) is 2.59. The van der Waals surface area contributed by atoms with Crippen LogP contribution in [0.15, 0.2) is 66.9 Å². The zero-order valence-corrected chi connectivity index (χ0v) is 12.9. The van der Waals surface area contributed by atoms with Gasteiger partial charge in [-0.05, 0) is 30.5 Å². The fourth-order valence-corrected chi connectivity index (χ4v) is 3.31. The van der Waals surface area contributed by atoms with Crippen molar-refractivity contribution in [1.29, 1.82) is 0 Å². The van der Waals surface area contributed by atoms with Crippen molar-refractivity contribution >= 4 is 22.5 Å². The van der Waals surface area contributed by atoms with Gasteiger partial charge in [-0.1, -0.05) is 48.5 Å². The summed E-state index contributed by atoms with van der Waals surface area (Å²) in [5.74, 6) is 0.196. The van der Waals surface area contributed by atoms with E-state index in [1.165, 1.54) is 5.56 Å². The van der Waals surface area contributed by atoms with Crippen molar-refractivity contribution < 1.29 is 4.79 Å². The molecular weight excluding hydrogens is 284 g/mol. The zero-order valence-electron chi connectivity index (χ0n) is 12.9. The number of aromatic nitrogens is 1.